The summed E-state index contributed by atoms with van der Waals surface area (Å²) in [5.74, 6) is 0. The summed E-state index contributed by atoms with van der Waals surface area (Å²) in [6.45, 7) is 0.973. The minimum absolute atomic E-state index is 0. The van der Waals surface area contributed by atoms with Gasteiger partial charge in [-0.05, 0) is 14.1 Å². The third-order valence-corrected chi connectivity index (χ3v) is 1.26. The van der Waals surface area contributed by atoms with Gasteiger partial charge in [-0.15, -0.1) is 5.56 Å². The maximum absolute atomic E-state index is 3.16. The molecule has 0 spiro atoms. The Bertz CT molecular complexity index is 185. The maximum atomic E-state index is 3.16. The molecule has 1 rings (SSSR count). The molecule has 0 heterocycles. The Morgan fingerprint density at radius 1 is 1.23 bits per heavy atom. The number of rotatable bonds is 2. The molecule has 0 N–H and O–H groups in total. The van der Waals surface area contributed by atoms with E-state index < -0.39 is 0 Å². The van der Waals surface area contributed by atoms with Crippen LogP contribution in [0.3, 0.4) is 0 Å². The monoisotopic (exact) mass is 361 g/mol. The van der Waals surface area contributed by atoms with Gasteiger partial charge in [-0.2, -0.15) is 30.3 Å². The molecule has 81 valence electrons. The summed E-state index contributed by atoms with van der Waals surface area (Å²) < 4.78 is 0. The van der Waals surface area contributed by atoms with Crippen molar-refractivity contribution in [1.29, 1.82) is 0 Å². The van der Waals surface area contributed by atoms with Crippen LogP contribution in [0.2, 0.25) is 0 Å². The van der Waals surface area contributed by atoms with Crippen molar-refractivity contribution in [1.82, 2.24) is 4.90 Å². The van der Waals surface area contributed by atoms with Crippen molar-refractivity contribution in [2.24, 2.45) is 0 Å². The normalized spacial score (nSPS) is 7.92. The average molecular weight is 361 g/mol. The largest absolute Gasteiger partial charge is 0.358 e. The SMILES string of the molecule is CN(C)Cc1[c-]cccc1.[Au].[CH3-].[CH3-]. The summed E-state index contributed by atoms with van der Waals surface area (Å²) in [6, 6.07) is 11.2. The molecule has 0 amide bonds. The molecule has 0 aliphatic carbocycles. The van der Waals surface area contributed by atoms with Crippen molar-refractivity contribution < 1.29 is 22.4 Å². The molecule has 1 aromatic rings. The summed E-state index contributed by atoms with van der Waals surface area (Å²) in [6.07, 6.45) is 0. The van der Waals surface area contributed by atoms with Gasteiger partial charge < -0.3 is 19.8 Å². The summed E-state index contributed by atoms with van der Waals surface area (Å²) in [5, 5.41) is 0. The summed E-state index contributed by atoms with van der Waals surface area (Å²) in [7, 11) is 4.11. The van der Waals surface area contributed by atoms with Crippen molar-refractivity contribution in [3.8, 4) is 0 Å². The first kappa shape index (κ1) is 18.7. The predicted molar refractivity (Wildman–Crippen MR) is 55.5 cm³/mol. The van der Waals surface area contributed by atoms with E-state index in [-0.39, 0.29) is 37.2 Å². The fraction of sp³-hybridized carbons (Fsp3) is 0.273. The quantitative estimate of drug-likeness (QED) is 0.578. The number of hydrogen-bond acceptors (Lipinski definition) is 1. The Labute approximate surface area is 98.7 Å². The second kappa shape index (κ2) is 10.0. The standard InChI is InChI=1S/C9H12N.2CH3.Au/c1-10(2)8-9-6-4-3-5-7-9;;;/h3-6H,8H2,1-2H3;2*1H3;/q3*-1;. The van der Waals surface area contributed by atoms with Gasteiger partial charge in [0, 0.05) is 28.9 Å². The van der Waals surface area contributed by atoms with E-state index in [2.05, 4.69) is 31.1 Å². The maximum Gasteiger partial charge on any atom is 0.000120 e. The molecule has 0 saturated carbocycles. The van der Waals surface area contributed by atoms with E-state index in [1.807, 2.05) is 18.2 Å². The second-order valence-electron chi connectivity index (χ2n) is 2.63. The van der Waals surface area contributed by atoms with Gasteiger partial charge in [-0.25, -0.2) is 0 Å². The van der Waals surface area contributed by atoms with Crippen LogP contribution >= 0.6 is 0 Å². The van der Waals surface area contributed by atoms with Crippen molar-refractivity contribution >= 4 is 0 Å². The first-order valence-electron chi connectivity index (χ1n) is 3.39. The molecule has 13 heavy (non-hydrogen) atoms. The van der Waals surface area contributed by atoms with Gasteiger partial charge in [0.2, 0.25) is 0 Å². The van der Waals surface area contributed by atoms with Crippen LogP contribution < -0.4 is 0 Å². The minimum Gasteiger partial charge on any atom is -0.358 e. The zero-order valence-corrected chi connectivity index (χ0v) is 10.9. The second-order valence-corrected chi connectivity index (χ2v) is 2.63. The minimum atomic E-state index is 0. The van der Waals surface area contributed by atoms with E-state index in [0.29, 0.717) is 0 Å². The van der Waals surface area contributed by atoms with Gasteiger partial charge in [0.1, 0.15) is 0 Å². The molecule has 0 saturated heterocycles. The van der Waals surface area contributed by atoms with E-state index in [1.165, 1.54) is 5.56 Å². The fourth-order valence-corrected chi connectivity index (χ4v) is 0.870. The van der Waals surface area contributed by atoms with Gasteiger partial charge in [-0.1, -0.05) is 0 Å². The van der Waals surface area contributed by atoms with E-state index in [9.17, 15) is 0 Å². The molecule has 0 aromatic heterocycles. The van der Waals surface area contributed by atoms with Crippen LogP contribution in [0.4, 0.5) is 0 Å². The summed E-state index contributed by atoms with van der Waals surface area (Å²) >= 11 is 0. The van der Waals surface area contributed by atoms with Crippen molar-refractivity contribution in [3.05, 3.63) is 50.7 Å². The molecule has 0 bridgehead atoms. The average Bonchev–Trinajstić information content (AvgIpc) is 1.88. The summed E-state index contributed by atoms with van der Waals surface area (Å²) in [5.41, 5.74) is 1.24. The fourth-order valence-electron chi connectivity index (χ4n) is 0.870. The zero-order chi connectivity index (χ0) is 7.40. The predicted octanol–water partition coefficient (Wildman–Crippen LogP) is 2.45. The molecule has 1 nitrogen and oxygen atoms in total. The molecular formula is C11H18AuN-3. The Balaban J connectivity index is -0.000000333. The van der Waals surface area contributed by atoms with Crippen molar-refractivity contribution in [3.63, 3.8) is 0 Å². The van der Waals surface area contributed by atoms with Crippen LogP contribution in [-0.4, -0.2) is 19.0 Å². The molecule has 0 unspecified atom stereocenters. The Morgan fingerprint density at radius 2 is 1.85 bits per heavy atom. The van der Waals surface area contributed by atoms with Crippen LogP contribution in [0.15, 0.2) is 24.3 Å². The third kappa shape index (κ3) is 8.26. The van der Waals surface area contributed by atoms with E-state index >= 15 is 0 Å². The van der Waals surface area contributed by atoms with Crippen molar-refractivity contribution in [2.75, 3.05) is 14.1 Å². The molecule has 0 aliphatic heterocycles. The van der Waals surface area contributed by atoms with Crippen molar-refractivity contribution in [2.45, 2.75) is 6.54 Å². The first-order valence-corrected chi connectivity index (χ1v) is 3.39. The van der Waals surface area contributed by atoms with Crippen LogP contribution in [0.25, 0.3) is 0 Å². The first-order chi connectivity index (χ1) is 4.79. The van der Waals surface area contributed by atoms with Gasteiger partial charge >= 0.3 is 0 Å². The van der Waals surface area contributed by atoms with Gasteiger partial charge in [0.05, 0.1) is 0 Å². The number of hydrogen-bond donors (Lipinski definition) is 0. The smallest absolute Gasteiger partial charge is 0.000120 e. The topological polar surface area (TPSA) is 3.24 Å². The number of nitrogens with zero attached hydrogens (tertiary/aromatic N) is 1. The zero-order valence-electron chi connectivity index (χ0n) is 8.77. The Morgan fingerprint density at radius 3 is 2.23 bits per heavy atom. The van der Waals surface area contributed by atoms with Crippen LogP contribution in [-0.2, 0) is 28.9 Å². The van der Waals surface area contributed by atoms with Crippen LogP contribution in [0.5, 0.6) is 0 Å². The molecule has 1 radical (unpaired) electrons. The van der Waals surface area contributed by atoms with Gasteiger partial charge in [0.15, 0.2) is 0 Å². The van der Waals surface area contributed by atoms with Gasteiger partial charge in [-0.3, -0.25) is 0 Å². The molecule has 0 atom stereocenters. The Hall–Kier alpha value is -0.0797. The molecular weight excluding hydrogens is 343 g/mol. The molecule has 0 aliphatic rings. The Kier molecular flexibility index (Phi) is 14.4. The van der Waals surface area contributed by atoms with E-state index in [1.54, 1.807) is 0 Å². The van der Waals surface area contributed by atoms with E-state index in [0.717, 1.165) is 6.54 Å². The molecule has 1 aromatic carbocycles. The third-order valence-electron chi connectivity index (χ3n) is 1.26. The van der Waals surface area contributed by atoms with E-state index in [4.69, 9.17) is 0 Å². The molecule has 2 heteroatoms. The summed E-state index contributed by atoms with van der Waals surface area (Å²) in [4.78, 5) is 2.13. The number of benzene rings is 1. The van der Waals surface area contributed by atoms with Gasteiger partial charge in [0.25, 0.3) is 0 Å². The molecule has 0 fully saturated rings. The van der Waals surface area contributed by atoms with Crippen LogP contribution in [0, 0.1) is 20.9 Å². The van der Waals surface area contributed by atoms with Crippen LogP contribution in [0.1, 0.15) is 5.56 Å².